The fraction of sp³-hybridized carbons (Fsp3) is 0.0769. The topological polar surface area (TPSA) is 119 Å². The first-order chi connectivity index (χ1) is 10.7. The van der Waals surface area contributed by atoms with Crippen LogP contribution >= 0.6 is 11.8 Å². The van der Waals surface area contributed by atoms with E-state index in [1.54, 1.807) is 12.4 Å². The Hall–Kier alpha value is -2.99. The first-order valence-corrected chi connectivity index (χ1v) is 7.01. The maximum atomic E-state index is 8.82. The fourth-order valence-corrected chi connectivity index (χ4v) is 2.47. The number of hydrogen-bond acceptors (Lipinski definition) is 8. The minimum atomic E-state index is 0.150. The molecule has 0 aromatic carbocycles. The molecule has 0 amide bonds. The number of nitrogen functional groups attached to an aromatic ring is 1. The zero-order chi connectivity index (χ0) is 15.5. The molecule has 9 heteroatoms. The zero-order valence-electron chi connectivity index (χ0n) is 11.5. The molecule has 2 N–H and O–H groups in total. The Morgan fingerprint density at radius 1 is 1.27 bits per heavy atom. The van der Waals surface area contributed by atoms with Crippen molar-refractivity contribution in [3.05, 3.63) is 36.3 Å². The molecule has 0 radical (unpaired) electrons. The van der Waals surface area contributed by atoms with E-state index < -0.39 is 0 Å². The van der Waals surface area contributed by atoms with E-state index in [-0.39, 0.29) is 11.4 Å². The Morgan fingerprint density at radius 3 is 2.73 bits per heavy atom. The summed E-state index contributed by atoms with van der Waals surface area (Å²) < 4.78 is 1.83. The van der Waals surface area contributed by atoms with E-state index in [0.717, 1.165) is 5.56 Å². The number of pyridine rings is 1. The lowest BCUT2D eigenvalue weighted by Crippen LogP contribution is -1.99. The highest BCUT2D eigenvalue weighted by atomic mass is 32.2. The predicted molar refractivity (Wildman–Crippen MR) is 79.5 cm³/mol. The number of nitriles is 1. The average Bonchev–Trinajstić information content (AvgIpc) is 2.89. The lowest BCUT2D eigenvalue weighted by Gasteiger charge is -2.03. The van der Waals surface area contributed by atoms with E-state index >= 15 is 0 Å². The number of rotatable bonds is 3. The molecule has 0 fully saturated rings. The van der Waals surface area contributed by atoms with Crippen LogP contribution in [0, 0.1) is 11.3 Å². The number of aromatic nitrogens is 6. The van der Waals surface area contributed by atoms with Gasteiger partial charge in [-0.1, -0.05) is 0 Å². The fourth-order valence-electron chi connectivity index (χ4n) is 1.75. The molecule has 0 aliphatic carbocycles. The van der Waals surface area contributed by atoms with Gasteiger partial charge in [0.05, 0.1) is 6.20 Å². The van der Waals surface area contributed by atoms with E-state index in [1.807, 2.05) is 29.8 Å². The Labute approximate surface area is 130 Å². The van der Waals surface area contributed by atoms with Gasteiger partial charge in [-0.25, -0.2) is 9.97 Å². The van der Waals surface area contributed by atoms with E-state index in [9.17, 15) is 0 Å². The van der Waals surface area contributed by atoms with Crippen molar-refractivity contribution < 1.29 is 0 Å². The average molecular weight is 310 g/mol. The Morgan fingerprint density at radius 2 is 2.05 bits per heavy atom. The van der Waals surface area contributed by atoms with Crippen LogP contribution in [0.25, 0.3) is 11.4 Å². The molecule has 0 spiro atoms. The normalized spacial score (nSPS) is 10.4. The summed E-state index contributed by atoms with van der Waals surface area (Å²) in [6, 6.07) is 5.64. The molecule has 0 saturated carbocycles. The lowest BCUT2D eigenvalue weighted by atomic mass is 10.2. The number of anilines is 1. The first-order valence-electron chi connectivity index (χ1n) is 6.19. The second-order valence-corrected chi connectivity index (χ2v) is 5.20. The molecule has 0 aliphatic rings. The summed E-state index contributed by atoms with van der Waals surface area (Å²) in [5.41, 5.74) is 6.85. The molecule has 3 aromatic rings. The van der Waals surface area contributed by atoms with Gasteiger partial charge in [0.2, 0.25) is 0 Å². The summed E-state index contributed by atoms with van der Waals surface area (Å²) in [6.45, 7) is 0. The highest BCUT2D eigenvalue weighted by Crippen LogP contribution is 2.26. The third-order valence-electron chi connectivity index (χ3n) is 2.87. The SMILES string of the molecule is Cn1c(Sc2ncc(C#N)c(N)n2)nnc1-c1ccncc1. The van der Waals surface area contributed by atoms with Crippen LogP contribution < -0.4 is 5.73 Å². The summed E-state index contributed by atoms with van der Waals surface area (Å²) in [4.78, 5) is 12.1. The van der Waals surface area contributed by atoms with Crippen molar-refractivity contribution in [3.63, 3.8) is 0 Å². The molecule has 0 aliphatic heterocycles. The van der Waals surface area contributed by atoms with E-state index in [2.05, 4.69) is 25.1 Å². The molecular weight excluding hydrogens is 300 g/mol. The van der Waals surface area contributed by atoms with Crippen LogP contribution in [-0.2, 0) is 7.05 Å². The van der Waals surface area contributed by atoms with Crippen molar-refractivity contribution in [2.75, 3.05) is 5.73 Å². The number of nitrogens with zero attached hydrogens (tertiary/aromatic N) is 7. The van der Waals surface area contributed by atoms with Crippen molar-refractivity contribution in [2.45, 2.75) is 10.3 Å². The molecule has 0 unspecified atom stereocenters. The Kier molecular flexibility index (Phi) is 3.67. The maximum absolute atomic E-state index is 8.82. The molecule has 3 heterocycles. The molecular formula is C13H10N8S. The van der Waals surface area contributed by atoms with Crippen LogP contribution in [0.1, 0.15) is 5.56 Å². The second-order valence-electron chi connectivity index (χ2n) is 4.27. The van der Waals surface area contributed by atoms with Crippen molar-refractivity contribution in [1.82, 2.24) is 29.7 Å². The van der Waals surface area contributed by atoms with Gasteiger partial charge in [-0.15, -0.1) is 10.2 Å². The molecule has 8 nitrogen and oxygen atoms in total. The van der Waals surface area contributed by atoms with Crippen LogP contribution in [0.15, 0.2) is 41.0 Å². The van der Waals surface area contributed by atoms with Crippen LogP contribution in [-0.4, -0.2) is 29.7 Å². The molecule has 22 heavy (non-hydrogen) atoms. The Balaban J connectivity index is 1.90. The second kappa shape index (κ2) is 5.79. The Bertz CT molecular complexity index is 852. The van der Waals surface area contributed by atoms with Crippen molar-refractivity contribution in [2.24, 2.45) is 7.05 Å². The molecule has 0 saturated heterocycles. The summed E-state index contributed by atoms with van der Waals surface area (Å²) in [6.07, 6.45) is 4.79. The number of nitrogens with two attached hydrogens (primary N) is 1. The van der Waals surface area contributed by atoms with Gasteiger partial charge in [-0.2, -0.15) is 5.26 Å². The third-order valence-corrected chi connectivity index (χ3v) is 3.79. The van der Waals surface area contributed by atoms with Crippen LogP contribution in [0.2, 0.25) is 0 Å². The minimum absolute atomic E-state index is 0.150. The van der Waals surface area contributed by atoms with Crippen LogP contribution in [0.3, 0.4) is 0 Å². The van der Waals surface area contributed by atoms with Crippen molar-refractivity contribution in [1.29, 1.82) is 5.26 Å². The largest absolute Gasteiger partial charge is 0.382 e. The van der Waals surface area contributed by atoms with Gasteiger partial charge in [-0.05, 0) is 23.9 Å². The van der Waals surface area contributed by atoms with E-state index in [1.165, 1.54) is 18.0 Å². The quantitative estimate of drug-likeness (QED) is 0.718. The van der Waals surface area contributed by atoms with Crippen LogP contribution in [0.5, 0.6) is 0 Å². The summed E-state index contributed by atoms with van der Waals surface area (Å²) in [5.74, 6) is 0.864. The highest BCUT2D eigenvalue weighted by molar-refractivity contribution is 7.99. The van der Waals surface area contributed by atoms with Gasteiger partial charge in [0.25, 0.3) is 0 Å². The maximum Gasteiger partial charge on any atom is 0.199 e. The molecule has 0 bridgehead atoms. The van der Waals surface area contributed by atoms with Crippen LogP contribution in [0.4, 0.5) is 5.82 Å². The van der Waals surface area contributed by atoms with Gasteiger partial charge in [0, 0.05) is 25.0 Å². The van der Waals surface area contributed by atoms with Crippen molar-refractivity contribution in [3.8, 4) is 17.5 Å². The highest BCUT2D eigenvalue weighted by Gasteiger charge is 2.14. The van der Waals surface area contributed by atoms with Gasteiger partial charge in [-0.3, -0.25) is 4.98 Å². The third kappa shape index (κ3) is 2.59. The van der Waals surface area contributed by atoms with Gasteiger partial charge < -0.3 is 10.3 Å². The molecule has 3 aromatic heterocycles. The molecule has 3 rings (SSSR count). The lowest BCUT2D eigenvalue weighted by molar-refractivity contribution is 0.789. The summed E-state index contributed by atoms with van der Waals surface area (Å²) >= 11 is 1.23. The smallest absolute Gasteiger partial charge is 0.199 e. The predicted octanol–water partition coefficient (Wildman–Crippen LogP) is 1.27. The summed E-state index contributed by atoms with van der Waals surface area (Å²) in [5, 5.41) is 18.1. The van der Waals surface area contributed by atoms with Gasteiger partial charge >= 0.3 is 0 Å². The number of hydrogen-bond donors (Lipinski definition) is 1. The minimum Gasteiger partial charge on any atom is -0.382 e. The van der Waals surface area contributed by atoms with E-state index in [4.69, 9.17) is 11.0 Å². The summed E-state index contributed by atoms with van der Waals surface area (Å²) in [7, 11) is 1.85. The monoisotopic (exact) mass is 310 g/mol. The first kappa shape index (κ1) is 14.0. The zero-order valence-corrected chi connectivity index (χ0v) is 12.3. The molecule has 108 valence electrons. The van der Waals surface area contributed by atoms with Gasteiger partial charge in [0.15, 0.2) is 16.1 Å². The molecule has 0 atom stereocenters. The standard InChI is InChI=1S/C13H10N8S/c1-21-11(8-2-4-16-5-3-8)19-20-13(21)22-12-17-7-9(6-14)10(15)18-12/h2-5,7H,1H3,(H2,15,17,18). The van der Waals surface area contributed by atoms with E-state index in [0.29, 0.717) is 16.1 Å². The van der Waals surface area contributed by atoms with Crippen molar-refractivity contribution >= 4 is 17.6 Å². The van der Waals surface area contributed by atoms with Gasteiger partial charge in [0.1, 0.15) is 17.5 Å².